The van der Waals surface area contributed by atoms with Crippen LogP contribution in [0.4, 0.5) is 18.0 Å². The van der Waals surface area contributed by atoms with Crippen LogP contribution in [-0.2, 0) is 4.74 Å². The fourth-order valence-electron chi connectivity index (χ4n) is 1.75. The van der Waals surface area contributed by atoms with Crippen LogP contribution in [0.15, 0.2) is 24.3 Å². The molecule has 6 nitrogen and oxygen atoms in total. The third kappa shape index (κ3) is 5.08. The van der Waals surface area contributed by atoms with Crippen molar-refractivity contribution in [2.45, 2.75) is 18.5 Å². The van der Waals surface area contributed by atoms with Gasteiger partial charge in [-0.25, -0.2) is 4.79 Å². The molecule has 22 heavy (non-hydrogen) atoms. The van der Waals surface area contributed by atoms with Crippen LogP contribution < -0.4 is 15.4 Å². The van der Waals surface area contributed by atoms with Crippen LogP contribution in [0.1, 0.15) is 11.7 Å². The zero-order valence-corrected chi connectivity index (χ0v) is 11.4. The largest absolute Gasteiger partial charge is 0.573 e. The maximum Gasteiger partial charge on any atom is 0.573 e. The van der Waals surface area contributed by atoms with E-state index in [9.17, 15) is 23.1 Å². The predicted octanol–water partition coefficient (Wildman–Crippen LogP) is 1.32. The molecule has 0 aromatic heterocycles. The normalized spacial score (nSPS) is 16.5. The van der Waals surface area contributed by atoms with Crippen molar-refractivity contribution in [3.8, 4) is 5.75 Å². The number of benzene rings is 1. The maximum absolute atomic E-state index is 12.0. The van der Waals surface area contributed by atoms with Crippen molar-refractivity contribution in [2.24, 2.45) is 0 Å². The molecular weight excluding hydrogens is 305 g/mol. The average Bonchev–Trinajstić information content (AvgIpc) is 2.39. The highest BCUT2D eigenvalue weighted by Crippen LogP contribution is 2.24. The first-order valence-corrected chi connectivity index (χ1v) is 6.49. The SMILES string of the molecule is O=C(NCC(O)c1ccc(OC(F)(F)F)cc1)NC1COC1. The second kappa shape index (κ2) is 6.84. The van der Waals surface area contributed by atoms with Crippen molar-refractivity contribution >= 4 is 6.03 Å². The molecule has 1 unspecified atom stereocenters. The van der Waals surface area contributed by atoms with E-state index in [-0.39, 0.29) is 18.3 Å². The molecule has 0 spiro atoms. The smallest absolute Gasteiger partial charge is 0.406 e. The Hall–Kier alpha value is -2.00. The van der Waals surface area contributed by atoms with Crippen molar-refractivity contribution in [3.05, 3.63) is 29.8 Å². The number of aliphatic hydroxyl groups excluding tert-OH is 1. The molecule has 2 amide bonds. The highest BCUT2D eigenvalue weighted by Gasteiger charge is 2.31. The molecule has 1 aliphatic rings. The molecule has 122 valence electrons. The molecule has 0 bridgehead atoms. The molecule has 1 atom stereocenters. The number of ether oxygens (including phenoxy) is 2. The number of carbonyl (C=O) groups is 1. The van der Waals surface area contributed by atoms with E-state index in [0.29, 0.717) is 18.8 Å². The molecule has 1 aromatic carbocycles. The van der Waals surface area contributed by atoms with Crippen LogP contribution in [-0.4, -0.2) is 43.3 Å². The van der Waals surface area contributed by atoms with Gasteiger partial charge in [-0.15, -0.1) is 13.2 Å². The molecule has 2 rings (SSSR count). The summed E-state index contributed by atoms with van der Waals surface area (Å²) in [5.74, 6) is -0.376. The van der Waals surface area contributed by atoms with E-state index in [4.69, 9.17) is 4.74 Å². The number of aliphatic hydroxyl groups is 1. The fourth-order valence-corrected chi connectivity index (χ4v) is 1.75. The number of amides is 2. The maximum atomic E-state index is 12.0. The molecule has 1 aliphatic heterocycles. The Morgan fingerprint density at radius 3 is 2.50 bits per heavy atom. The summed E-state index contributed by atoms with van der Waals surface area (Å²) in [7, 11) is 0. The lowest BCUT2D eigenvalue weighted by Gasteiger charge is -2.27. The van der Waals surface area contributed by atoms with Crippen LogP contribution in [0.25, 0.3) is 0 Å². The van der Waals surface area contributed by atoms with E-state index < -0.39 is 18.5 Å². The van der Waals surface area contributed by atoms with Crippen LogP contribution >= 0.6 is 0 Å². The van der Waals surface area contributed by atoms with Crippen LogP contribution in [0, 0.1) is 0 Å². The average molecular weight is 320 g/mol. The predicted molar refractivity (Wildman–Crippen MR) is 69.2 cm³/mol. The summed E-state index contributed by atoms with van der Waals surface area (Å²) >= 11 is 0. The van der Waals surface area contributed by atoms with E-state index in [1.54, 1.807) is 0 Å². The number of rotatable bonds is 5. The zero-order valence-electron chi connectivity index (χ0n) is 11.4. The van der Waals surface area contributed by atoms with Gasteiger partial charge in [0, 0.05) is 6.54 Å². The zero-order chi connectivity index (χ0) is 16.2. The second-order valence-electron chi connectivity index (χ2n) is 4.72. The molecule has 1 fully saturated rings. The second-order valence-corrected chi connectivity index (χ2v) is 4.72. The van der Waals surface area contributed by atoms with Gasteiger partial charge in [0.2, 0.25) is 0 Å². The van der Waals surface area contributed by atoms with Crippen LogP contribution in [0.3, 0.4) is 0 Å². The summed E-state index contributed by atoms with van der Waals surface area (Å²) < 4.78 is 44.7. The van der Waals surface area contributed by atoms with Gasteiger partial charge in [0.25, 0.3) is 0 Å². The standard InChI is InChI=1S/C13H15F3N2O4/c14-13(15,16)22-10-3-1-8(2-4-10)11(19)5-17-12(20)18-9-6-21-7-9/h1-4,9,11,19H,5-7H2,(H2,17,18,20). The van der Waals surface area contributed by atoms with Gasteiger partial charge < -0.3 is 25.2 Å². The molecule has 1 heterocycles. The third-order valence-corrected chi connectivity index (χ3v) is 2.93. The van der Waals surface area contributed by atoms with E-state index in [1.807, 2.05) is 0 Å². The van der Waals surface area contributed by atoms with Crippen molar-refractivity contribution in [3.63, 3.8) is 0 Å². The van der Waals surface area contributed by atoms with E-state index in [1.165, 1.54) is 12.1 Å². The van der Waals surface area contributed by atoms with Gasteiger partial charge in [-0.1, -0.05) is 12.1 Å². The molecule has 0 saturated carbocycles. The third-order valence-electron chi connectivity index (χ3n) is 2.93. The van der Waals surface area contributed by atoms with Gasteiger partial charge >= 0.3 is 12.4 Å². The minimum absolute atomic E-state index is 0.0315. The highest BCUT2D eigenvalue weighted by molar-refractivity contribution is 5.74. The first-order chi connectivity index (χ1) is 10.3. The Morgan fingerprint density at radius 1 is 1.36 bits per heavy atom. The number of halogens is 3. The summed E-state index contributed by atoms with van der Waals surface area (Å²) in [5, 5.41) is 15.0. The molecule has 0 radical (unpaired) electrons. The Balaban J connectivity index is 1.79. The first-order valence-electron chi connectivity index (χ1n) is 6.49. The fraction of sp³-hybridized carbons (Fsp3) is 0.462. The number of nitrogens with one attached hydrogen (secondary N) is 2. The Kier molecular flexibility index (Phi) is 5.09. The molecule has 1 aromatic rings. The first kappa shape index (κ1) is 16.4. The minimum atomic E-state index is -4.76. The van der Waals surface area contributed by atoms with Crippen molar-refractivity contribution in [2.75, 3.05) is 19.8 Å². The van der Waals surface area contributed by atoms with Crippen molar-refractivity contribution in [1.82, 2.24) is 10.6 Å². The lowest BCUT2D eigenvalue weighted by Crippen LogP contribution is -2.52. The van der Waals surface area contributed by atoms with Gasteiger partial charge in [0.1, 0.15) is 5.75 Å². The van der Waals surface area contributed by atoms with Gasteiger partial charge in [0.15, 0.2) is 0 Å². The monoisotopic (exact) mass is 320 g/mol. The summed E-state index contributed by atoms with van der Waals surface area (Å²) in [6.07, 6.45) is -5.80. The van der Waals surface area contributed by atoms with E-state index in [2.05, 4.69) is 15.4 Å². The Bertz CT molecular complexity index is 503. The van der Waals surface area contributed by atoms with Crippen LogP contribution in [0.5, 0.6) is 5.75 Å². The molecule has 1 saturated heterocycles. The number of urea groups is 1. The van der Waals surface area contributed by atoms with Gasteiger partial charge in [-0.3, -0.25) is 0 Å². The summed E-state index contributed by atoms with van der Waals surface area (Å²) in [5.41, 5.74) is 0.363. The van der Waals surface area contributed by atoms with Crippen molar-refractivity contribution in [1.29, 1.82) is 0 Å². The lowest BCUT2D eigenvalue weighted by molar-refractivity contribution is -0.274. The Labute approximate surface area is 124 Å². The number of hydrogen-bond donors (Lipinski definition) is 3. The quantitative estimate of drug-likeness (QED) is 0.764. The molecule has 9 heteroatoms. The number of carbonyl (C=O) groups excluding carboxylic acids is 1. The van der Waals surface area contributed by atoms with Crippen molar-refractivity contribution < 1.29 is 32.5 Å². The van der Waals surface area contributed by atoms with Gasteiger partial charge in [-0.2, -0.15) is 0 Å². The highest BCUT2D eigenvalue weighted by atomic mass is 19.4. The summed E-state index contributed by atoms with van der Waals surface area (Å²) in [6, 6.07) is 4.31. The topological polar surface area (TPSA) is 79.8 Å². The number of hydrogen-bond acceptors (Lipinski definition) is 4. The molecular formula is C13H15F3N2O4. The van der Waals surface area contributed by atoms with E-state index in [0.717, 1.165) is 12.1 Å². The van der Waals surface area contributed by atoms with Crippen LogP contribution in [0.2, 0.25) is 0 Å². The molecule has 3 N–H and O–H groups in total. The summed E-state index contributed by atoms with van der Waals surface area (Å²) in [4.78, 5) is 11.5. The number of alkyl halides is 3. The van der Waals surface area contributed by atoms with E-state index >= 15 is 0 Å². The van der Waals surface area contributed by atoms with Gasteiger partial charge in [-0.05, 0) is 17.7 Å². The Morgan fingerprint density at radius 2 is 2.00 bits per heavy atom. The van der Waals surface area contributed by atoms with Gasteiger partial charge in [0.05, 0.1) is 25.4 Å². The summed E-state index contributed by atoms with van der Waals surface area (Å²) in [6.45, 7) is 0.839. The lowest BCUT2D eigenvalue weighted by atomic mass is 10.1. The minimum Gasteiger partial charge on any atom is -0.406 e. The molecule has 0 aliphatic carbocycles.